The van der Waals surface area contributed by atoms with Crippen molar-refractivity contribution >= 4 is 0 Å². The Kier molecular flexibility index (Phi) is 7.93. The number of aryl methyl sites for hydroxylation is 1. The van der Waals surface area contributed by atoms with Crippen molar-refractivity contribution in [3.63, 3.8) is 0 Å². The summed E-state index contributed by atoms with van der Waals surface area (Å²) >= 11 is 0. The summed E-state index contributed by atoms with van der Waals surface area (Å²) in [6.07, 6.45) is 18.2. The lowest BCUT2D eigenvalue weighted by atomic mass is 9.68. The zero-order valence-electron chi connectivity index (χ0n) is 17.3. The third kappa shape index (κ3) is 5.91. The van der Waals surface area contributed by atoms with Crippen LogP contribution in [-0.4, -0.2) is 7.11 Å². The topological polar surface area (TPSA) is 9.23 Å². The van der Waals surface area contributed by atoms with Gasteiger partial charge in [-0.2, -0.15) is 0 Å². The molecule has 0 spiro atoms. The predicted molar refractivity (Wildman–Crippen MR) is 111 cm³/mol. The van der Waals surface area contributed by atoms with Gasteiger partial charge in [0.25, 0.3) is 0 Å². The maximum absolute atomic E-state index is 14.1. The monoisotopic (exact) mass is 372 g/mol. The molecule has 2 saturated carbocycles. The molecule has 0 heterocycles. The molecule has 0 radical (unpaired) electrons. The van der Waals surface area contributed by atoms with E-state index in [0.29, 0.717) is 12.2 Å². The van der Waals surface area contributed by atoms with E-state index in [1.807, 2.05) is 6.07 Å². The average molecular weight is 373 g/mol. The van der Waals surface area contributed by atoms with Gasteiger partial charge in [0.05, 0.1) is 6.61 Å². The predicted octanol–water partition coefficient (Wildman–Crippen LogP) is 7.09. The molecule has 1 nitrogen and oxygen atoms in total. The zero-order chi connectivity index (χ0) is 19.1. The minimum atomic E-state index is -0.119. The first kappa shape index (κ1) is 20.6. The van der Waals surface area contributed by atoms with Gasteiger partial charge in [-0.15, -0.1) is 0 Å². The number of benzene rings is 1. The van der Waals surface area contributed by atoms with Crippen LogP contribution in [0.5, 0.6) is 0 Å². The Morgan fingerprint density at radius 1 is 1.00 bits per heavy atom. The van der Waals surface area contributed by atoms with E-state index in [2.05, 4.69) is 25.1 Å². The molecule has 0 bridgehead atoms. The van der Waals surface area contributed by atoms with Crippen molar-refractivity contribution in [1.82, 2.24) is 0 Å². The number of methoxy groups -OCH3 is 1. The number of hydrogen-bond acceptors (Lipinski definition) is 1. The third-order valence-electron chi connectivity index (χ3n) is 7.10. The molecule has 2 aliphatic rings. The first-order valence-corrected chi connectivity index (χ1v) is 11.1. The molecule has 150 valence electrons. The van der Waals surface area contributed by atoms with E-state index >= 15 is 0 Å². The Bertz CT molecular complexity index is 592. The molecule has 2 heteroatoms. The standard InChI is InChI=1S/C25H37FO/c1-3-4-19-7-12-22(13-8-19)23-14-9-20(10-15-23)5-6-21-11-16-24(18-27-2)25(26)17-21/h3-4,11,16-17,19-20,22-23H,5-10,12-15,18H2,1-2H3/b4-3+/t19-,20?,22-,23?. The lowest BCUT2D eigenvalue weighted by Gasteiger charge is -2.37. The lowest BCUT2D eigenvalue weighted by Crippen LogP contribution is -2.25. The fraction of sp³-hybridized carbons (Fsp3) is 0.680. The Hall–Kier alpha value is -1.15. The van der Waals surface area contributed by atoms with Crippen LogP contribution in [-0.2, 0) is 17.8 Å². The van der Waals surface area contributed by atoms with Crippen LogP contribution < -0.4 is 0 Å². The van der Waals surface area contributed by atoms with Crippen LogP contribution in [0.3, 0.4) is 0 Å². The maximum atomic E-state index is 14.1. The van der Waals surface area contributed by atoms with E-state index < -0.39 is 0 Å². The van der Waals surface area contributed by atoms with Gasteiger partial charge in [-0.1, -0.05) is 37.1 Å². The molecule has 0 aromatic heterocycles. The summed E-state index contributed by atoms with van der Waals surface area (Å²) in [6, 6.07) is 5.67. The second-order valence-corrected chi connectivity index (χ2v) is 8.88. The SMILES string of the molecule is C/C=C/[C@H]1CC[C@H](C2CCC(CCc3ccc(COC)c(F)c3)CC2)CC1. The Morgan fingerprint density at radius 3 is 2.26 bits per heavy atom. The van der Waals surface area contributed by atoms with Gasteiger partial charge >= 0.3 is 0 Å². The Morgan fingerprint density at radius 2 is 1.67 bits per heavy atom. The van der Waals surface area contributed by atoms with E-state index in [1.165, 1.54) is 57.8 Å². The van der Waals surface area contributed by atoms with Crippen LogP contribution in [0, 0.1) is 29.5 Å². The number of hydrogen-bond donors (Lipinski definition) is 0. The second kappa shape index (κ2) is 10.4. The maximum Gasteiger partial charge on any atom is 0.128 e. The van der Waals surface area contributed by atoms with Crippen LogP contribution in [0.15, 0.2) is 30.4 Å². The summed E-state index contributed by atoms with van der Waals surface area (Å²) in [5, 5.41) is 0. The molecule has 2 fully saturated rings. The van der Waals surface area contributed by atoms with E-state index in [-0.39, 0.29) is 5.82 Å². The second-order valence-electron chi connectivity index (χ2n) is 8.88. The number of allylic oxidation sites excluding steroid dienone is 2. The molecule has 1 aromatic carbocycles. The first-order valence-electron chi connectivity index (χ1n) is 11.1. The van der Waals surface area contributed by atoms with Crippen molar-refractivity contribution in [2.75, 3.05) is 7.11 Å². The summed E-state index contributed by atoms with van der Waals surface area (Å²) in [6.45, 7) is 2.50. The summed E-state index contributed by atoms with van der Waals surface area (Å²) in [5.74, 6) is 3.51. The van der Waals surface area contributed by atoms with Gasteiger partial charge in [0.1, 0.15) is 5.82 Å². The smallest absolute Gasteiger partial charge is 0.128 e. The van der Waals surface area contributed by atoms with Gasteiger partial charge in [-0.25, -0.2) is 4.39 Å². The molecule has 0 atom stereocenters. The van der Waals surface area contributed by atoms with Crippen molar-refractivity contribution in [1.29, 1.82) is 0 Å². The molecule has 0 saturated heterocycles. The van der Waals surface area contributed by atoms with Crippen LogP contribution >= 0.6 is 0 Å². The minimum Gasteiger partial charge on any atom is -0.380 e. The molecule has 0 N–H and O–H groups in total. The summed E-state index contributed by atoms with van der Waals surface area (Å²) in [7, 11) is 1.61. The Labute approximate surface area is 165 Å². The highest BCUT2D eigenvalue weighted by molar-refractivity contribution is 5.24. The normalized spacial score (nSPS) is 29.3. The highest BCUT2D eigenvalue weighted by atomic mass is 19.1. The summed E-state index contributed by atoms with van der Waals surface area (Å²) < 4.78 is 19.1. The van der Waals surface area contributed by atoms with Gasteiger partial charge in [-0.05, 0) is 93.6 Å². The molecule has 1 aromatic rings. The molecule has 2 aliphatic carbocycles. The fourth-order valence-corrected chi connectivity index (χ4v) is 5.42. The lowest BCUT2D eigenvalue weighted by molar-refractivity contribution is 0.152. The summed E-state index contributed by atoms with van der Waals surface area (Å²) in [5.41, 5.74) is 1.79. The van der Waals surface area contributed by atoms with E-state index in [0.717, 1.165) is 35.7 Å². The van der Waals surface area contributed by atoms with Gasteiger partial charge < -0.3 is 4.74 Å². The van der Waals surface area contributed by atoms with Crippen LogP contribution in [0.2, 0.25) is 0 Å². The van der Waals surface area contributed by atoms with Crippen molar-refractivity contribution in [2.45, 2.75) is 77.7 Å². The first-order chi connectivity index (χ1) is 13.2. The van der Waals surface area contributed by atoms with Crippen LogP contribution in [0.25, 0.3) is 0 Å². The average Bonchev–Trinajstić information content (AvgIpc) is 2.70. The summed E-state index contributed by atoms with van der Waals surface area (Å²) in [4.78, 5) is 0. The Balaban J connectivity index is 1.39. The van der Waals surface area contributed by atoms with Crippen molar-refractivity contribution in [3.05, 3.63) is 47.3 Å². The highest BCUT2D eigenvalue weighted by Crippen LogP contribution is 2.42. The molecule has 0 unspecified atom stereocenters. The highest BCUT2D eigenvalue weighted by Gasteiger charge is 2.30. The van der Waals surface area contributed by atoms with Gasteiger partial charge in [0.2, 0.25) is 0 Å². The quantitative estimate of drug-likeness (QED) is 0.464. The minimum absolute atomic E-state index is 0.119. The molecular weight excluding hydrogens is 335 g/mol. The van der Waals surface area contributed by atoms with Crippen molar-refractivity contribution < 1.29 is 9.13 Å². The molecule has 3 rings (SSSR count). The third-order valence-corrected chi connectivity index (χ3v) is 7.10. The van der Waals surface area contributed by atoms with Crippen LogP contribution in [0.1, 0.15) is 75.8 Å². The number of halogens is 1. The van der Waals surface area contributed by atoms with Gasteiger partial charge in [0, 0.05) is 12.7 Å². The zero-order valence-corrected chi connectivity index (χ0v) is 17.3. The van der Waals surface area contributed by atoms with Crippen molar-refractivity contribution in [3.8, 4) is 0 Å². The van der Waals surface area contributed by atoms with Gasteiger partial charge in [0.15, 0.2) is 0 Å². The van der Waals surface area contributed by atoms with Crippen LogP contribution in [0.4, 0.5) is 4.39 Å². The number of ether oxygens (including phenoxy) is 1. The van der Waals surface area contributed by atoms with Gasteiger partial charge in [-0.3, -0.25) is 0 Å². The molecule has 27 heavy (non-hydrogen) atoms. The molecule has 0 amide bonds. The van der Waals surface area contributed by atoms with E-state index in [1.54, 1.807) is 13.2 Å². The van der Waals surface area contributed by atoms with E-state index in [4.69, 9.17) is 4.74 Å². The fourth-order valence-electron chi connectivity index (χ4n) is 5.42. The molecular formula is C25H37FO. The van der Waals surface area contributed by atoms with E-state index in [9.17, 15) is 4.39 Å². The molecule has 0 aliphatic heterocycles. The largest absolute Gasteiger partial charge is 0.380 e. The number of rotatable bonds is 7. The van der Waals surface area contributed by atoms with Crippen molar-refractivity contribution in [2.24, 2.45) is 23.7 Å².